The quantitative estimate of drug-likeness (QED) is 0.909. The van der Waals surface area contributed by atoms with E-state index in [0.29, 0.717) is 5.39 Å². The van der Waals surface area contributed by atoms with Crippen molar-refractivity contribution in [1.29, 1.82) is 0 Å². The fourth-order valence-electron chi connectivity index (χ4n) is 2.70. The van der Waals surface area contributed by atoms with Crippen LogP contribution in [0.1, 0.15) is 30.3 Å². The molecular weight excluding hydrogens is 254 g/mol. The summed E-state index contributed by atoms with van der Waals surface area (Å²) < 4.78 is 0. The second-order valence-corrected chi connectivity index (χ2v) is 5.39. The number of hydrogen-bond donors (Lipinski definition) is 1. The zero-order valence-electron chi connectivity index (χ0n) is 11.4. The van der Waals surface area contributed by atoms with Crippen molar-refractivity contribution >= 4 is 22.6 Å². The van der Waals surface area contributed by atoms with Crippen LogP contribution in [-0.4, -0.2) is 34.4 Å². The molecule has 1 aromatic heterocycles. The van der Waals surface area contributed by atoms with Crippen molar-refractivity contribution in [2.75, 3.05) is 18.0 Å². The van der Waals surface area contributed by atoms with E-state index in [1.165, 1.54) is 0 Å². The SMILES string of the molecule is CC1CCN(c2nnc(C(=O)O)c3ccccc23)CC1. The van der Waals surface area contributed by atoms with Gasteiger partial charge in [0.1, 0.15) is 0 Å². The van der Waals surface area contributed by atoms with Crippen molar-refractivity contribution in [3.8, 4) is 0 Å². The number of nitrogens with zero attached hydrogens (tertiary/aromatic N) is 3. The van der Waals surface area contributed by atoms with Crippen LogP contribution < -0.4 is 4.90 Å². The van der Waals surface area contributed by atoms with E-state index < -0.39 is 5.97 Å². The van der Waals surface area contributed by atoms with Gasteiger partial charge in [-0.15, -0.1) is 10.2 Å². The van der Waals surface area contributed by atoms with Crippen molar-refractivity contribution in [3.05, 3.63) is 30.0 Å². The molecule has 0 aliphatic carbocycles. The van der Waals surface area contributed by atoms with E-state index in [-0.39, 0.29) is 5.69 Å². The minimum absolute atomic E-state index is 0.0229. The molecule has 3 rings (SSSR count). The van der Waals surface area contributed by atoms with Crippen molar-refractivity contribution in [1.82, 2.24) is 10.2 Å². The highest BCUT2D eigenvalue weighted by Crippen LogP contribution is 2.28. The van der Waals surface area contributed by atoms with E-state index in [1.807, 2.05) is 18.2 Å². The summed E-state index contributed by atoms with van der Waals surface area (Å²) in [5.74, 6) is 0.508. The van der Waals surface area contributed by atoms with Crippen LogP contribution in [0.25, 0.3) is 10.8 Å². The van der Waals surface area contributed by atoms with E-state index in [0.717, 1.165) is 43.1 Å². The van der Waals surface area contributed by atoms with Gasteiger partial charge in [0.15, 0.2) is 11.5 Å². The first-order valence-corrected chi connectivity index (χ1v) is 6.90. The number of aromatic carboxylic acids is 1. The second-order valence-electron chi connectivity index (χ2n) is 5.39. The molecule has 0 radical (unpaired) electrons. The lowest BCUT2D eigenvalue weighted by Crippen LogP contribution is -2.33. The molecule has 2 aromatic rings. The van der Waals surface area contributed by atoms with Gasteiger partial charge in [-0.25, -0.2) is 4.79 Å². The lowest BCUT2D eigenvalue weighted by molar-refractivity contribution is 0.0691. The summed E-state index contributed by atoms with van der Waals surface area (Å²) in [6.07, 6.45) is 2.27. The molecule has 0 amide bonds. The summed E-state index contributed by atoms with van der Waals surface area (Å²) in [5.41, 5.74) is 0.0229. The Morgan fingerprint density at radius 3 is 2.50 bits per heavy atom. The largest absolute Gasteiger partial charge is 0.476 e. The Hall–Kier alpha value is -2.17. The van der Waals surface area contributed by atoms with Crippen LogP contribution in [0.4, 0.5) is 5.82 Å². The predicted octanol–water partition coefficient (Wildman–Crippen LogP) is 2.56. The first-order valence-electron chi connectivity index (χ1n) is 6.90. The lowest BCUT2D eigenvalue weighted by Gasteiger charge is -2.31. The van der Waals surface area contributed by atoms with Crippen LogP contribution in [-0.2, 0) is 0 Å². The van der Waals surface area contributed by atoms with Gasteiger partial charge < -0.3 is 10.0 Å². The number of carboxylic acid groups (broad SMARTS) is 1. The van der Waals surface area contributed by atoms with Crippen molar-refractivity contribution < 1.29 is 9.90 Å². The lowest BCUT2D eigenvalue weighted by atomic mass is 9.99. The van der Waals surface area contributed by atoms with Gasteiger partial charge in [0.25, 0.3) is 0 Å². The van der Waals surface area contributed by atoms with Crippen molar-refractivity contribution in [3.63, 3.8) is 0 Å². The van der Waals surface area contributed by atoms with E-state index in [2.05, 4.69) is 22.0 Å². The average Bonchev–Trinajstić information content (AvgIpc) is 2.47. The molecule has 1 saturated heterocycles. The van der Waals surface area contributed by atoms with Gasteiger partial charge in [0.05, 0.1) is 0 Å². The zero-order chi connectivity index (χ0) is 14.1. The van der Waals surface area contributed by atoms with E-state index in [1.54, 1.807) is 6.07 Å². The Balaban J connectivity index is 2.08. The number of carbonyl (C=O) groups is 1. The van der Waals surface area contributed by atoms with E-state index in [9.17, 15) is 9.90 Å². The Morgan fingerprint density at radius 2 is 1.85 bits per heavy atom. The third-order valence-electron chi connectivity index (χ3n) is 3.95. The predicted molar refractivity (Wildman–Crippen MR) is 77.1 cm³/mol. The Morgan fingerprint density at radius 1 is 1.20 bits per heavy atom. The van der Waals surface area contributed by atoms with Crippen molar-refractivity contribution in [2.24, 2.45) is 5.92 Å². The summed E-state index contributed by atoms with van der Waals surface area (Å²) in [5, 5.41) is 18.8. The summed E-state index contributed by atoms with van der Waals surface area (Å²) >= 11 is 0. The van der Waals surface area contributed by atoms with Gasteiger partial charge in [-0.1, -0.05) is 31.2 Å². The molecule has 1 aliphatic heterocycles. The summed E-state index contributed by atoms with van der Waals surface area (Å²) in [6, 6.07) is 7.46. The Kier molecular flexibility index (Phi) is 3.26. The fraction of sp³-hybridized carbons (Fsp3) is 0.400. The van der Waals surface area contributed by atoms with Crippen LogP contribution in [0.15, 0.2) is 24.3 Å². The Bertz CT molecular complexity index is 649. The third kappa shape index (κ3) is 2.19. The molecule has 5 nitrogen and oxygen atoms in total. The van der Waals surface area contributed by atoms with E-state index in [4.69, 9.17) is 0 Å². The first-order chi connectivity index (χ1) is 9.66. The molecule has 0 unspecified atom stereocenters. The minimum atomic E-state index is -1.03. The molecule has 5 heteroatoms. The number of aromatic nitrogens is 2. The molecule has 104 valence electrons. The first kappa shape index (κ1) is 12.8. The Labute approximate surface area is 117 Å². The molecule has 2 heterocycles. The maximum Gasteiger partial charge on any atom is 0.357 e. The molecular formula is C15H17N3O2. The van der Waals surface area contributed by atoms with Gasteiger partial charge in [-0.2, -0.15) is 0 Å². The molecule has 0 atom stereocenters. The molecule has 0 bridgehead atoms. The minimum Gasteiger partial charge on any atom is -0.476 e. The van der Waals surface area contributed by atoms with Crippen LogP contribution in [0.2, 0.25) is 0 Å². The highest BCUT2D eigenvalue weighted by molar-refractivity contribution is 6.04. The van der Waals surface area contributed by atoms with Gasteiger partial charge in [-0.3, -0.25) is 0 Å². The topological polar surface area (TPSA) is 66.3 Å². The van der Waals surface area contributed by atoms with Gasteiger partial charge in [-0.05, 0) is 18.8 Å². The molecule has 20 heavy (non-hydrogen) atoms. The molecule has 1 N–H and O–H groups in total. The van der Waals surface area contributed by atoms with Gasteiger partial charge in [0, 0.05) is 23.9 Å². The maximum atomic E-state index is 11.2. The highest BCUT2D eigenvalue weighted by atomic mass is 16.4. The number of benzene rings is 1. The summed E-state index contributed by atoms with van der Waals surface area (Å²) in [6.45, 7) is 4.16. The summed E-state index contributed by atoms with van der Waals surface area (Å²) in [7, 11) is 0. The molecule has 0 spiro atoms. The van der Waals surface area contributed by atoms with Crippen LogP contribution in [0.5, 0.6) is 0 Å². The van der Waals surface area contributed by atoms with Crippen LogP contribution in [0, 0.1) is 5.92 Å². The number of carboxylic acids is 1. The molecule has 0 saturated carbocycles. The number of piperidine rings is 1. The smallest absolute Gasteiger partial charge is 0.357 e. The standard InChI is InChI=1S/C15H17N3O2/c1-10-6-8-18(9-7-10)14-12-5-3-2-4-11(12)13(15(19)20)16-17-14/h2-5,10H,6-9H2,1H3,(H,19,20). The van der Waals surface area contributed by atoms with Gasteiger partial charge in [0.2, 0.25) is 0 Å². The normalized spacial score (nSPS) is 16.6. The molecule has 1 aromatic carbocycles. The van der Waals surface area contributed by atoms with Crippen LogP contribution >= 0.6 is 0 Å². The van der Waals surface area contributed by atoms with E-state index >= 15 is 0 Å². The monoisotopic (exact) mass is 271 g/mol. The molecule has 1 aliphatic rings. The summed E-state index contributed by atoms with van der Waals surface area (Å²) in [4.78, 5) is 13.4. The maximum absolute atomic E-state index is 11.2. The number of anilines is 1. The fourth-order valence-corrected chi connectivity index (χ4v) is 2.70. The zero-order valence-corrected chi connectivity index (χ0v) is 11.4. The highest BCUT2D eigenvalue weighted by Gasteiger charge is 2.21. The average molecular weight is 271 g/mol. The number of hydrogen-bond acceptors (Lipinski definition) is 4. The van der Waals surface area contributed by atoms with Crippen LogP contribution in [0.3, 0.4) is 0 Å². The second kappa shape index (κ2) is 5.07. The van der Waals surface area contributed by atoms with Crippen molar-refractivity contribution in [2.45, 2.75) is 19.8 Å². The van der Waals surface area contributed by atoms with Gasteiger partial charge >= 0.3 is 5.97 Å². The number of rotatable bonds is 2. The number of fused-ring (bicyclic) bond motifs is 1. The third-order valence-corrected chi connectivity index (χ3v) is 3.95. The molecule has 1 fully saturated rings.